The third-order valence-electron chi connectivity index (χ3n) is 12.2. The summed E-state index contributed by atoms with van der Waals surface area (Å²) in [6.45, 7) is 6.96. The molecule has 8 aliphatic rings. The molecule has 8 rings (SSSR count). The minimum absolute atomic E-state index is 0.00135. The maximum absolute atomic E-state index is 15.4. The van der Waals surface area contributed by atoms with Crippen LogP contribution in [-0.4, -0.2) is 87.0 Å². The number of fused-ring (bicyclic) bond motifs is 3. The molecule has 12 nitrogen and oxygen atoms in total. The summed E-state index contributed by atoms with van der Waals surface area (Å²) in [5, 5.41) is 19.0. The van der Waals surface area contributed by atoms with Crippen LogP contribution in [0.5, 0.6) is 0 Å². The predicted molar refractivity (Wildman–Crippen MR) is 174 cm³/mol. The zero-order valence-electron chi connectivity index (χ0n) is 28.8. The maximum Gasteiger partial charge on any atom is 0.330 e. The van der Waals surface area contributed by atoms with Crippen molar-refractivity contribution in [2.45, 2.75) is 134 Å². The Bertz CT molecular complexity index is 1710. The molecule has 1 saturated carbocycles. The zero-order valence-corrected chi connectivity index (χ0v) is 28.8. The van der Waals surface area contributed by atoms with Crippen LogP contribution in [0.4, 0.5) is 0 Å². The first-order chi connectivity index (χ1) is 23.8. The van der Waals surface area contributed by atoms with Gasteiger partial charge in [0, 0.05) is 52.5 Å². The summed E-state index contributed by atoms with van der Waals surface area (Å²) in [5.41, 5.74) is -4.51. The van der Waals surface area contributed by atoms with Crippen molar-refractivity contribution in [1.29, 1.82) is 0 Å². The Hall–Kier alpha value is -3.74. The van der Waals surface area contributed by atoms with E-state index in [2.05, 4.69) is 13.8 Å². The number of ketones is 4. The van der Waals surface area contributed by atoms with E-state index in [-0.39, 0.29) is 40.7 Å². The number of carboxylic acid groups (broad SMARTS) is 2. The highest BCUT2D eigenvalue weighted by Gasteiger charge is 2.85. The lowest BCUT2D eigenvalue weighted by Gasteiger charge is -2.63. The van der Waals surface area contributed by atoms with Gasteiger partial charge in [-0.2, -0.15) is 0 Å². The number of hydrogen-bond acceptors (Lipinski definition) is 10. The zero-order chi connectivity index (χ0) is 35.9. The molecule has 2 N–H and O–H groups in total. The van der Waals surface area contributed by atoms with Crippen molar-refractivity contribution in [3.05, 3.63) is 46.3 Å². The molecule has 50 heavy (non-hydrogen) atoms. The Balaban J connectivity index is 1.41. The summed E-state index contributed by atoms with van der Waals surface area (Å²) in [5.74, 6) is -5.70. The first-order valence-electron chi connectivity index (χ1n) is 17.9. The van der Waals surface area contributed by atoms with E-state index in [4.69, 9.17) is 18.9 Å². The standard InChI is InChI=1S/C38H44O12/c1-5-7-9-11-21-23-24-25(28(40)32-36(49-32,29(24)41)15-13-18(3)33(42)43)30(48-21)38-20(17-47-22(26(23)38)12-10-8-6-2)27(39)31-37(50-31,35(38)46)16-14-19(4)34(44)45/h13-14,17,21-23,26,30-32H,5-12,15-16H2,1-4H3,(H,42,43)(H,44,45)/b18-13+,19-14+/t21-,22?,23?,26?,30?,31?,32+,36-,37-,38?/m1/s1. The molecule has 0 radical (unpaired) electrons. The fourth-order valence-electron chi connectivity index (χ4n) is 9.47. The van der Waals surface area contributed by atoms with E-state index in [1.807, 2.05) is 0 Å². The molecule has 0 amide bonds. The Labute approximate surface area is 289 Å². The minimum atomic E-state index is -1.71. The van der Waals surface area contributed by atoms with Crippen molar-refractivity contribution in [2.24, 2.45) is 17.3 Å². The van der Waals surface area contributed by atoms with E-state index in [1.165, 1.54) is 32.3 Å². The first-order valence-corrected chi connectivity index (χ1v) is 17.9. The van der Waals surface area contributed by atoms with Gasteiger partial charge in [-0.15, -0.1) is 0 Å². The Kier molecular flexibility index (Phi) is 8.46. The lowest BCUT2D eigenvalue weighted by atomic mass is 9.43. The van der Waals surface area contributed by atoms with Crippen molar-refractivity contribution >= 4 is 35.1 Å². The molecule has 5 heterocycles. The van der Waals surface area contributed by atoms with E-state index >= 15 is 4.79 Å². The summed E-state index contributed by atoms with van der Waals surface area (Å²) in [7, 11) is 0. The van der Waals surface area contributed by atoms with Crippen LogP contribution in [0.2, 0.25) is 0 Å². The fraction of sp³-hybridized carbons (Fsp3) is 0.632. The van der Waals surface area contributed by atoms with Gasteiger partial charge in [0.25, 0.3) is 0 Å². The Morgan fingerprint density at radius 1 is 0.760 bits per heavy atom. The fourth-order valence-corrected chi connectivity index (χ4v) is 9.47. The van der Waals surface area contributed by atoms with Crippen LogP contribution in [0, 0.1) is 17.3 Å². The number of ether oxygens (including phenoxy) is 4. The maximum atomic E-state index is 15.4. The molecule has 0 aromatic carbocycles. The van der Waals surface area contributed by atoms with E-state index in [1.54, 1.807) is 0 Å². The molecular weight excluding hydrogens is 648 g/mol. The molecule has 268 valence electrons. The molecular formula is C38H44O12. The van der Waals surface area contributed by atoms with Gasteiger partial charge in [0.2, 0.25) is 0 Å². The van der Waals surface area contributed by atoms with E-state index in [9.17, 15) is 34.2 Å². The second kappa shape index (κ2) is 12.2. The second-order valence-electron chi connectivity index (χ2n) is 15.0. The van der Waals surface area contributed by atoms with E-state index in [0.29, 0.717) is 12.8 Å². The topological polar surface area (TPSA) is 186 Å². The van der Waals surface area contributed by atoms with Crippen LogP contribution < -0.4 is 0 Å². The third-order valence-corrected chi connectivity index (χ3v) is 12.2. The van der Waals surface area contributed by atoms with E-state index < -0.39 is 94.0 Å². The number of carboxylic acids is 2. The Morgan fingerprint density at radius 2 is 1.32 bits per heavy atom. The molecule has 1 spiro atoms. The quantitative estimate of drug-likeness (QED) is 0.151. The molecule has 12 heteroatoms. The van der Waals surface area contributed by atoms with Crippen molar-refractivity contribution in [3.63, 3.8) is 0 Å². The lowest BCUT2D eigenvalue weighted by molar-refractivity contribution is -0.213. The molecule has 4 fully saturated rings. The Morgan fingerprint density at radius 3 is 1.92 bits per heavy atom. The summed E-state index contributed by atoms with van der Waals surface area (Å²) >= 11 is 0. The average Bonchev–Trinajstić information content (AvgIpc) is 4.02. The van der Waals surface area contributed by atoms with Crippen molar-refractivity contribution < 1.29 is 57.9 Å². The number of rotatable bonds is 14. The molecule has 0 aromatic heterocycles. The van der Waals surface area contributed by atoms with Gasteiger partial charge in [-0.3, -0.25) is 19.2 Å². The predicted octanol–water partition coefficient (Wildman–Crippen LogP) is 4.15. The van der Waals surface area contributed by atoms with Gasteiger partial charge in [0.15, 0.2) is 46.5 Å². The monoisotopic (exact) mass is 692 g/mol. The lowest BCUT2D eigenvalue weighted by Crippen LogP contribution is -2.74. The molecule has 3 aliphatic carbocycles. The summed E-state index contributed by atoms with van der Waals surface area (Å²) < 4.78 is 25.1. The first kappa shape index (κ1) is 34.7. The van der Waals surface area contributed by atoms with Crippen LogP contribution in [0.25, 0.3) is 0 Å². The van der Waals surface area contributed by atoms with Gasteiger partial charge in [0.1, 0.15) is 17.6 Å². The summed E-state index contributed by atoms with van der Waals surface area (Å²) in [4.78, 5) is 82.2. The molecule has 10 atom stereocenters. The SMILES string of the molecule is CCCCCC1OC=C2C(=O)C3O[C@@]3(C/C=C(\C)C(=O)O)C(=O)C23C2O[C@H](CCCCC)C(C4=C2C(=O)[C@@H]2O[C@]2(C/C=C(\C)C(=O)O)C4=O)C13. The molecule has 2 bridgehead atoms. The van der Waals surface area contributed by atoms with Gasteiger partial charge < -0.3 is 29.2 Å². The molecule has 6 unspecified atom stereocenters. The number of hydrogen-bond donors (Lipinski definition) is 2. The number of carbonyl (C=O) groups is 6. The second-order valence-corrected chi connectivity index (χ2v) is 15.0. The highest BCUT2D eigenvalue weighted by Crippen LogP contribution is 2.70. The highest BCUT2D eigenvalue weighted by molar-refractivity contribution is 6.25. The number of Topliss-reactive ketones (excluding diaryl/α,β-unsaturated/α-hetero) is 4. The summed E-state index contributed by atoms with van der Waals surface area (Å²) in [6, 6.07) is 0. The van der Waals surface area contributed by atoms with Crippen LogP contribution >= 0.6 is 0 Å². The van der Waals surface area contributed by atoms with Gasteiger partial charge in [-0.05, 0) is 33.1 Å². The van der Waals surface area contributed by atoms with Gasteiger partial charge >= 0.3 is 11.9 Å². The number of unbranched alkanes of at least 4 members (excludes halogenated alkanes) is 4. The van der Waals surface area contributed by atoms with Crippen molar-refractivity contribution in [3.8, 4) is 0 Å². The normalized spacial score (nSPS) is 39.5. The number of epoxide rings is 2. The van der Waals surface area contributed by atoms with Crippen LogP contribution in [-0.2, 0) is 47.7 Å². The van der Waals surface area contributed by atoms with Gasteiger partial charge in [-0.25, -0.2) is 9.59 Å². The van der Waals surface area contributed by atoms with Crippen LogP contribution in [0.1, 0.15) is 91.9 Å². The largest absolute Gasteiger partial charge is 0.497 e. The molecule has 5 aliphatic heterocycles. The number of aliphatic carboxylic acids is 2. The third kappa shape index (κ3) is 4.66. The van der Waals surface area contributed by atoms with Gasteiger partial charge in [-0.1, -0.05) is 58.1 Å². The molecule has 0 aromatic rings. The smallest absolute Gasteiger partial charge is 0.330 e. The molecule has 3 saturated heterocycles. The average molecular weight is 693 g/mol. The number of carbonyl (C=O) groups excluding carboxylic acids is 4. The van der Waals surface area contributed by atoms with Crippen molar-refractivity contribution in [2.75, 3.05) is 0 Å². The van der Waals surface area contributed by atoms with Crippen LogP contribution in [0.3, 0.4) is 0 Å². The van der Waals surface area contributed by atoms with Crippen LogP contribution in [0.15, 0.2) is 46.3 Å². The van der Waals surface area contributed by atoms with E-state index in [0.717, 1.165) is 38.5 Å². The highest BCUT2D eigenvalue weighted by atomic mass is 16.6. The summed E-state index contributed by atoms with van der Waals surface area (Å²) in [6.07, 6.45) is 5.37. The minimum Gasteiger partial charge on any atom is -0.497 e. The van der Waals surface area contributed by atoms with Gasteiger partial charge in [0.05, 0.1) is 12.4 Å². The van der Waals surface area contributed by atoms with Crippen molar-refractivity contribution in [1.82, 2.24) is 0 Å².